The molecule has 30 heavy (non-hydrogen) atoms. The lowest BCUT2D eigenvalue weighted by molar-refractivity contribution is 0.102. The molecule has 1 saturated heterocycles. The van der Waals surface area contributed by atoms with Gasteiger partial charge in [-0.15, -0.1) is 0 Å². The van der Waals surface area contributed by atoms with E-state index in [0.29, 0.717) is 24.3 Å². The van der Waals surface area contributed by atoms with Crippen LogP contribution in [-0.2, 0) is 24.1 Å². The maximum atomic E-state index is 12.6. The molecular weight excluding hydrogens is 410 g/mol. The Bertz CT molecular complexity index is 1390. The highest BCUT2D eigenvalue weighted by Gasteiger charge is 2.28. The van der Waals surface area contributed by atoms with Gasteiger partial charge in [0.2, 0.25) is 10.0 Å². The second-order valence-electron chi connectivity index (χ2n) is 7.04. The summed E-state index contributed by atoms with van der Waals surface area (Å²) < 4.78 is 27.6. The zero-order chi connectivity index (χ0) is 21.6. The minimum atomic E-state index is -3.27. The molecule has 0 unspecified atom stereocenters. The number of hydrogen-bond donors (Lipinski definition) is 1. The summed E-state index contributed by atoms with van der Waals surface area (Å²) in [7, 11) is -0.413. The van der Waals surface area contributed by atoms with Crippen LogP contribution in [0, 0.1) is 0 Å². The van der Waals surface area contributed by atoms with E-state index in [4.69, 9.17) is 0 Å². The Balaban J connectivity index is 1.60. The number of amides is 1. The number of hydrogen-bond acceptors (Lipinski definition) is 6. The maximum absolute atomic E-state index is 12.6. The van der Waals surface area contributed by atoms with Crippen molar-refractivity contribution in [2.75, 3.05) is 21.9 Å². The zero-order valence-electron chi connectivity index (χ0n) is 16.3. The Morgan fingerprint density at radius 2 is 1.80 bits per heavy atom. The van der Waals surface area contributed by atoms with Gasteiger partial charge in [-0.05, 0) is 36.8 Å². The van der Waals surface area contributed by atoms with Gasteiger partial charge in [0.25, 0.3) is 11.5 Å². The molecule has 0 atom stereocenters. The molecule has 0 radical (unpaired) electrons. The number of nitrogens with one attached hydrogen (secondary N) is 1. The van der Waals surface area contributed by atoms with Crippen molar-refractivity contribution in [3.63, 3.8) is 0 Å². The third kappa shape index (κ3) is 3.26. The summed E-state index contributed by atoms with van der Waals surface area (Å²) in [6.45, 7) is 0.439. The molecule has 1 fully saturated rings. The standard InChI is InChI=1S/C19H19N5O5S/c1-22-16-15(18(26)23(2)19(22)27)10-12(11-20-16)17(25)21-13-4-6-14(7-5-13)24-8-3-9-30(24,28)29/h4-7,10-11H,3,8-9H2,1-2H3,(H,21,25). The first-order valence-electron chi connectivity index (χ1n) is 9.16. The normalized spacial score (nSPS) is 15.5. The van der Waals surface area contributed by atoms with Gasteiger partial charge in [-0.1, -0.05) is 0 Å². The Kier molecular flexibility index (Phi) is 4.69. The van der Waals surface area contributed by atoms with Gasteiger partial charge in [-0.25, -0.2) is 18.2 Å². The van der Waals surface area contributed by atoms with E-state index in [1.165, 1.54) is 35.2 Å². The Labute approximate surface area is 171 Å². The molecule has 3 aromatic rings. The number of carbonyl (C=O) groups excluding carboxylic acids is 1. The summed E-state index contributed by atoms with van der Waals surface area (Å²) in [4.78, 5) is 41.1. The van der Waals surface area contributed by atoms with Gasteiger partial charge in [0, 0.05) is 32.5 Å². The molecule has 3 heterocycles. The number of nitrogens with zero attached hydrogens (tertiary/aromatic N) is 4. The predicted molar refractivity (Wildman–Crippen MR) is 112 cm³/mol. The van der Waals surface area contributed by atoms with Crippen molar-refractivity contribution in [2.45, 2.75) is 6.42 Å². The molecular formula is C19H19N5O5S. The fourth-order valence-electron chi connectivity index (χ4n) is 3.43. The molecule has 0 bridgehead atoms. The van der Waals surface area contributed by atoms with Crippen LogP contribution in [0.3, 0.4) is 0 Å². The van der Waals surface area contributed by atoms with Gasteiger partial charge in [-0.2, -0.15) is 0 Å². The molecule has 1 aromatic carbocycles. The van der Waals surface area contributed by atoms with Gasteiger partial charge in [0.1, 0.15) is 5.65 Å². The highest BCUT2D eigenvalue weighted by Crippen LogP contribution is 2.25. The van der Waals surface area contributed by atoms with Gasteiger partial charge < -0.3 is 5.32 Å². The summed E-state index contributed by atoms with van der Waals surface area (Å²) in [5.41, 5.74) is 0.320. The SMILES string of the molecule is Cn1c(=O)c2cc(C(=O)Nc3ccc(N4CCCS4(=O)=O)cc3)cnc2n(C)c1=O. The lowest BCUT2D eigenvalue weighted by atomic mass is 10.2. The van der Waals surface area contributed by atoms with Crippen LogP contribution >= 0.6 is 0 Å². The summed E-state index contributed by atoms with van der Waals surface area (Å²) in [6.07, 6.45) is 1.88. The van der Waals surface area contributed by atoms with E-state index in [2.05, 4.69) is 10.3 Å². The summed E-state index contributed by atoms with van der Waals surface area (Å²) >= 11 is 0. The highest BCUT2D eigenvalue weighted by molar-refractivity contribution is 7.93. The second kappa shape index (κ2) is 7.10. The largest absolute Gasteiger partial charge is 0.332 e. The topological polar surface area (TPSA) is 123 Å². The van der Waals surface area contributed by atoms with Gasteiger partial charge in [-0.3, -0.25) is 23.0 Å². The number of aromatic nitrogens is 3. The van der Waals surface area contributed by atoms with Crippen molar-refractivity contribution in [2.24, 2.45) is 14.1 Å². The van der Waals surface area contributed by atoms with E-state index >= 15 is 0 Å². The number of aryl methyl sites for hydroxylation is 1. The Morgan fingerprint density at radius 3 is 2.43 bits per heavy atom. The molecule has 156 valence electrons. The van der Waals surface area contributed by atoms with Crippen LogP contribution in [0.1, 0.15) is 16.8 Å². The van der Waals surface area contributed by atoms with Crippen molar-refractivity contribution in [3.8, 4) is 0 Å². The van der Waals surface area contributed by atoms with E-state index in [1.807, 2.05) is 0 Å². The van der Waals surface area contributed by atoms with E-state index in [-0.39, 0.29) is 22.3 Å². The molecule has 4 rings (SSSR count). The average molecular weight is 429 g/mol. The van der Waals surface area contributed by atoms with Crippen LogP contribution in [0.5, 0.6) is 0 Å². The quantitative estimate of drug-likeness (QED) is 0.644. The molecule has 1 aliphatic heterocycles. The van der Waals surface area contributed by atoms with Crippen LogP contribution in [0.2, 0.25) is 0 Å². The van der Waals surface area contributed by atoms with Gasteiger partial charge in [0.15, 0.2) is 0 Å². The van der Waals surface area contributed by atoms with E-state index in [1.54, 1.807) is 24.3 Å². The highest BCUT2D eigenvalue weighted by atomic mass is 32.2. The van der Waals surface area contributed by atoms with Crippen molar-refractivity contribution >= 4 is 38.3 Å². The van der Waals surface area contributed by atoms with Crippen LogP contribution < -0.4 is 20.9 Å². The number of carbonyl (C=O) groups is 1. The number of fused-ring (bicyclic) bond motifs is 1. The first-order chi connectivity index (χ1) is 14.2. The molecule has 1 aliphatic rings. The molecule has 0 spiro atoms. The predicted octanol–water partition coefficient (Wildman–Crippen LogP) is 0.424. The van der Waals surface area contributed by atoms with Crippen molar-refractivity contribution in [3.05, 3.63) is 62.9 Å². The van der Waals surface area contributed by atoms with Gasteiger partial charge >= 0.3 is 5.69 Å². The number of anilines is 2. The first-order valence-corrected chi connectivity index (χ1v) is 10.8. The molecule has 2 aromatic heterocycles. The lowest BCUT2D eigenvalue weighted by Gasteiger charge is -2.17. The number of pyridine rings is 1. The minimum absolute atomic E-state index is 0.130. The smallest absolute Gasteiger partial charge is 0.322 e. The number of rotatable bonds is 3. The Morgan fingerprint density at radius 1 is 1.10 bits per heavy atom. The molecule has 0 aliphatic carbocycles. The fraction of sp³-hybridized carbons (Fsp3) is 0.263. The number of benzene rings is 1. The summed E-state index contributed by atoms with van der Waals surface area (Å²) in [5, 5.41) is 2.85. The zero-order valence-corrected chi connectivity index (χ0v) is 17.1. The van der Waals surface area contributed by atoms with Crippen LogP contribution in [0.15, 0.2) is 46.1 Å². The van der Waals surface area contributed by atoms with E-state index in [0.717, 1.165) is 4.57 Å². The second-order valence-corrected chi connectivity index (χ2v) is 9.06. The van der Waals surface area contributed by atoms with E-state index in [9.17, 15) is 22.8 Å². The minimum Gasteiger partial charge on any atom is -0.322 e. The van der Waals surface area contributed by atoms with Crippen molar-refractivity contribution in [1.82, 2.24) is 14.1 Å². The molecule has 0 saturated carbocycles. The van der Waals surface area contributed by atoms with Crippen LogP contribution in [0.4, 0.5) is 11.4 Å². The van der Waals surface area contributed by atoms with Crippen LogP contribution in [-0.4, -0.2) is 40.7 Å². The molecule has 11 heteroatoms. The monoisotopic (exact) mass is 429 g/mol. The van der Waals surface area contributed by atoms with Crippen LogP contribution in [0.25, 0.3) is 11.0 Å². The third-order valence-electron chi connectivity index (χ3n) is 5.07. The third-order valence-corrected chi connectivity index (χ3v) is 6.94. The molecule has 1 N–H and O–H groups in total. The maximum Gasteiger partial charge on any atom is 0.332 e. The molecule has 1 amide bonds. The number of sulfonamides is 1. The van der Waals surface area contributed by atoms with E-state index < -0.39 is 27.2 Å². The summed E-state index contributed by atoms with van der Waals surface area (Å²) in [6, 6.07) is 7.87. The average Bonchev–Trinajstić information content (AvgIpc) is 3.09. The van der Waals surface area contributed by atoms with Crippen molar-refractivity contribution in [1.29, 1.82) is 0 Å². The lowest BCUT2D eigenvalue weighted by Crippen LogP contribution is -2.37. The fourth-order valence-corrected chi connectivity index (χ4v) is 5.00. The Hall–Kier alpha value is -3.47. The van der Waals surface area contributed by atoms with Crippen molar-refractivity contribution < 1.29 is 13.2 Å². The first kappa shape index (κ1) is 19.8. The summed E-state index contributed by atoms with van der Waals surface area (Å²) in [5.74, 6) is -0.354. The van der Waals surface area contributed by atoms with Gasteiger partial charge in [0.05, 0.1) is 22.4 Å². The molecule has 10 nitrogen and oxygen atoms in total.